The van der Waals surface area contributed by atoms with Crippen LogP contribution >= 0.6 is 0 Å². The molecule has 0 aliphatic carbocycles. The van der Waals surface area contributed by atoms with E-state index in [-0.39, 0.29) is 0 Å². The van der Waals surface area contributed by atoms with Gasteiger partial charge in [0.1, 0.15) is 0 Å². The number of nitrogens with two attached hydrogens (primary N) is 1. The van der Waals surface area contributed by atoms with Crippen LogP contribution in [0.25, 0.3) is 0 Å². The SMILES string of the molecule is CCCOc1ccccc1Oc1ncccc1CN. The number of aromatic nitrogens is 1. The molecule has 19 heavy (non-hydrogen) atoms. The lowest BCUT2D eigenvalue weighted by Crippen LogP contribution is -2.02. The van der Waals surface area contributed by atoms with Gasteiger partial charge in [-0.05, 0) is 24.6 Å². The van der Waals surface area contributed by atoms with Crippen molar-refractivity contribution in [1.82, 2.24) is 4.98 Å². The van der Waals surface area contributed by atoms with Crippen molar-refractivity contribution in [3.8, 4) is 17.4 Å². The van der Waals surface area contributed by atoms with Crippen molar-refractivity contribution in [3.05, 3.63) is 48.2 Å². The van der Waals surface area contributed by atoms with E-state index in [2.05, 4.69) is 11.9 Å². The van der Waals surface area contributed by atoms with E-state index in [0.717, 1.165) is 17.7 Å². The Labute approximate surface area is 113 Å². The summed E-state index contributed by atoms with van der Waals surface area (Å²) in [6.45, 7) is 3.11. The van der Waals surface area contributed by atoms with Crippen LogP contribution in [-0.4, -0.2) is 11.6 Å². The fraction of sp³-hybridized carbons (Fsp3) is 0.267. The van der Waals surface area contributed by atoms with Gasteiger partial charge in [0.2, 0.25) is 5.88 Å². The molecular weight excluding hydrogens is 240 g/mol. The number of pyridine rings is 1. The molecule has 0 fully saturated rings. The summed E-state index contributed by atoms with van der Waals surface area (Å²) in [4.78, 5) is 4.21. The summed E-state index contributed by atoms with van der Waals surface area (Å²) in [6.07, 6.45) is 2.63. The van der Waals surface area contributed by atoms with E-state index in [0.29, 0.717) is 24.8 Å². The zero-order valence-corrected chi connectivity index (χ0v) is 11.0. The first kappa shape index (κ1) is 13.4. The first-order chi connectivity index (χ1) is 9.35. The van der Waals surface area contributed by atoms with Gasteiger partial charge in [-0.1, -0.05) is 25.1 Å². The van der Waals surface area contributed by atoms with E-state index < -0.39 is 0 Å². The second-order valence-electron chi connectivity index (χ2n) is 4.07. The van der Waals surface area contributed by atoms with Crippen molar-refractivity contribution in [1.29, 1.82) is 0 Å². The normalized spacial score (nSPS) is 10.2. The summed E-state index contributed by atoms with van der Waals surface area (Å²) in [6, 6.07) is 11.3. The van der Waals surface area contributed by atoms with E-state index >= 15 is 0 Å². The van der Waals surface area contributed by atoms with Gasteiger partial charge in [0.15, 0.2) is 11.5 Å². The van der Waals surface area contributed by atoms with Crippen LogP contribution in [0.5, 0.6) is 17.4 Å². The molecule has 1 aromatic heterocycles. The highest BCUT2D eigenvalue weighted by molar-refractivity contribution is 5.42. The Kier molecular flexibility index (Phi) is 4.75. The fourth-order valence-corrected chi connectivity index (χ4v) is 1.64. The minimum absolute atomic E-state index is 0.390. The smallest absolute Gasteiger partial charge is 0.223 e. The maximum atomic E-state index is 5.81. The highest BCUT2D eigenvalue weighted by atomic mass is 16.5. The van der Waals surface area contributed by atoms with Crippen LogP contribution in [0.3, 0.4) is 0 Å². The summed E-state index contributed by atoms with van der Waals surface area (Å²) < 4.78 is 11.5. The Morgan fingerprint density at radius 2 is 1.89 bits per heavy atom. The molecule has 0 aliphatic rings. The quantitative estimate of drug-likeness (QED) is 0.864. The third-order valence-electron chi connectivity index (χ3n) is 2.59. The van der Waals surface area contributed by atoms with Crippen molar-refractivity contribution in [2.75, 3.05) is 6.61 Å². The van der Waals surface area contributed by atoms with Gasteiger partial charge in [0.25, 0.3) is 0 Å². The van der Waals surface area contributed by atoms with Crippen LogP contribution in [0, 0.1) is 0 Å². The molecule has 100 valence electrons. The summed E-state index contributed by atoms with van der Waals surface area (Å²) in [5.41, 5.74) is 6.54. The van der Waals surface area contributed by atoms with Crippen LogP contribution in [0.1, 0.15) is 18.9 Å². The standard InChI is InChI=1S/C15H18N2O2/c1-2-10-18-13-7-3-4-8-14(13)19-15-12(11-16)6-5-9-17-15/h3-9H,2,10-11,16H2,1H3. The number of benzene rings is 1. The molecular formula is C15H18N2O2. The molecule has 0 amide bonds. The Morgan fingerprint density at radius 3 is 2.63 bits per heavy atom. The van der Waals surface area contributed by atoms with Gasteiger partial charge in [0, 0.05) is 18.3 Å². The molecule has 0 unspecified atom stereocenters. The van der Waals surface area contributed by atoms with Crippen molar-refractivity contribution in [3.63, 3.8) is 0 Å². The number of nitrogens with zero attached hydrogens (tertiary/aromatic N) is 1. The molecule has 2 N–H and O–H groups in total. The molecule has 0 spiro atoms. The second kappa shape index (κ2) is 6.75. The van der Waals surface area contributed by atoms with Crippen molar-refractivity contribution in [2.45, 2.75) is 19.9 Å². The van der Waals surface area contributed by atoms with Crippen LogP contribution < -0.4 is 15.2 Å². The van der Waals surface area contributed by atoms with Gasteiger partial charge >= 0.3 is 0 Å². The van der Waals surface area contributed by atoms with Crippen LogP contribution in [0.2, 0.25) is 0 Å². The molecule has 0 saturated heterocycles. The summed E-state index contributed by atoms with van der Waals surface area (Å²) >= 11 is 0. The molecule has 0 aliphatic heterocycles. The molecule has 0 radical (unpaired) electrons. The largest absolute Gasteiger partial charge is 0.490 e. The molecule has 2 rings (SSSR count). The van der Waals surface area contributed by atoms with Gasteiger partial charge in [-0.25, -0.2) is 4.98 Å². The predicted octanol–water partition coefficient (Wildman–Crippen LogP) is 3.12. The monoisotopic (exact) mass is 258 g/mol. The minimum atomic E-state index is 0.390. The first-order valence-corrected chi connectivity index (χ1v) is 6.38. The Morgan fingerprint density at radius 1 is 1.11 bits per heavy atom. The van der Waals surface area contributed by atoms with E-state index in [9.17, 15) is 0 Å². The van der Waals surface area contributed by atoms with E-state index in [1.807, 2.05) is 36.4 Å². The zero-order chi connectivity index (χ0) is 13.5. The molecule has 0 saturated carbocycles. The molecule has 0 atom stereocenters. The Bertz CT molecular complexity index is 529. The fourth-order valence-electron chi connectivity index (χ4n) is 1.64. The summed E-state index contributed by atoms with van der Waals surface area (Å²) in [5.74, 6) is 1.90. The lowest BCUT2D eigenvalue weighted by molar-refractivity contribution is 0.300. The predicted molar refractivity (Wildman–Crippen MR) is 74.4 cm³/mol. The molecule has 4 heteroatoms. The first-order valence-electron chi connectivity index (χ1n) is 6.38. The minimum Gasteiger partial charge on any atom is -0.490 e. The lowest BCUT2D eigenvalue weighted by atomic mass is 10.2. The van der Waals surface area contributed by atoms with Gasteiger partial charge < -0.3 is 15.2 Å². The van der Waals surface area contributed by atoms with Gasteiger partial charge in [-0.15, -0.1) is 0 Å². The molecule has 1 aromatic carbocycles. The van der Waals surface area contributed by atoms with Gasteiger partial charge in [0.05, 0.1) is 6.61 Å². The van der Waals surface area contributed by atoms with E-state index in [1.165, 1.54) is 0 Å². The summed E-state index contributed by atoms with van der Waals surface area (Å²) in [7, 11) is 0. The number of hydrogen-bond acceptors (Lipinski definition) is 4. The van der Waals surface area contributed by atoms with Gasteiger partial charge in [-0.2, -0.15) is 0 Å². The van der Waals surface area contributed by atoms with Crippen LogP contribution in [0.15, 0.2) is 42.6 Å². The highest BCUT2D eigenvalue weighted by Gasteiger charge is 2.09. The average molecular weight is 258 g/mol. The molecule has 0 bridgehead atoms. The number of hydrogen-bond donors (Lipinski definition) is 1. The van der Waals surface area contributed by atoms with E-state index in [4.69, 9.17) is 15.2 Å². The third kappa shape index (κ3) is 3.45. The Balaban J connectivity index is 2.22. The number of para-hydroxylation sites is 2. The number of ether oxygens (including phenoxy) is 2. The highest BCUT2D eigenvalue weighted by Crippen LogP contribution is 2.31. The summed E-state index contributed by atoms with van der Waals surface area (Å²) in [5, 5.41) is 0. The van der Waals surface area contributed by atoms with Crippen molar-refractivity contribution in [2.24, 2.45) is 5.73 Å². The van der Waals surface area contributed by atoms with Crippen LogP contribution in [0.4, 0.5) is 0 Å². The second-order valence-corrected chi connectivity index (χ2v) is 4.07. The molecule has 1 heterocycles. The third-order valence-corrected chi connectivity index (χ3v) is 2.59. The lowest BCUT2D eigenvalue weighted by Gasteiger charge is -2.12. The topological polar surface area (TPSA) is 57.4 Å². The van der Waals surface area contributed by atoms with Crippen molar-refractivity contribution < 1.29 is 9.47 Å². The molecule has 4 nitrogen and oxygen atoms in total. The van der Waals surface area contributed by atoms with Crippen molar-refractivity contribution >= 4 is 0 Å². The van der Waals surface area contributed by atoms with Gasteiger partial charge in [-0.3, -0.25) is 0 Å². The maximum absolute atomic E-state index is 5.81. The van der Waals surface area contributed by atoms with Crippen LogP contribution in [-0.2, 0) is 6.54 Å². The Hall–Kier alpha value is -2.07. The molecule has 2 aromatic rings. The van der Waals surface area contributed by atoms with E-state index in [1.54, 1.807) is 6.20 Å². The maximum Gasteiger partial charge on any atom is 0.223 e. The zero-order valence-electron chi connectivity index (χ0n) is 11.0. The number of rotatable bonds is 6. The average Bonchev–Trinajstić information content (AvgIpc) is 2.47.